The van der Waals surface area contributed by atoms with E-state index in [-0.39, 0.29) is 46.8 Å². The second kappa shape index (κ2) is 7.06. The second-order valence-electron chi connectivity index (χ2n) is 12.1. The number of allylic oxidation sites excluding steroid dienone is 3. The molecule has 0 saturated carbocycles. The van der Waals surface area contributed by atoms with E-state index in [9.17, 15) is 4.79 Å². The van der Waals surface area contributed by atoms with Crippen molar-refractivity contribution in [2.24, 2.45) is 0 Å². The molecule has 1 amide bonds. The quantitative estimate of drug-likeness (QED) is 0.369. The molecule has 0 aliphatic carbocycles. The average Bonchev–Trinajstić information content (AvgIpc) is 3.24. The lowest BCUT2D eigenvalue weighted by atomic mass is 9.50. The molecule has 0 aromatic heterocycles. The highest BCUT2D eigenvalue weighted by molar-refractivity contribution is 5.89. The molecule has 2 bridgehead atoms. The Morgan fingerprint density at radius 2 is 1.76 bits per heavy atom. The molecule has 8 rings (SSSR count). The Kier molecular flexibility index (Phi) is 4.19. The molecular formula is C31H34N4O2. The van der Waals surface area contributed by atoms with Crippen LogP contribution in [0.2, 0.25) is 0 Å². The van der Waals surface area contributed by atoms with E-state index in [0.717, 1.165) is 25.9 Å². The molecular weight excluding hydrogens is 460 g/mol. The van der Waals surface area contributed by atoms with E-state index in [0.29, 0.717) is 0 Å². The van der Waals surface area contributed by atoms with Gasteiger partial charge in [-0.1, -0.05) is 48.6 Å². The van der Waals surface area contributed by atoms with Crippen molar-refractivity contribution in [2.45, 2.75) is 74.5 Å². The van der Waals surface area contributed by atoms with Crippen LogP contribution in [0.15, 0.2) is 66.8 Å². The Balaban J connectivity index is 1.42. The van der Waals surface area contributed by atoms with Gasteiger partial charge in [0.1, 0.15) is 12.3 Å². The van der Waals surface area contributed by atoms with Gasteiger partial charge in [0.25, 0.3) is 0 Å². The number of hydrogen-bond donors (Lipinski definition) is 2. The van der Waals surface area contributed by atoms with Gasteiger partial charge in [0.2, 0.25) is 5.91 Å². The van der Waals surface area contributed by atoms with Crippen molar-refractivity contribution >= 4 is 17.3 Å². The SMILES string of the molecule is CC=CC=CC(=O)N1CC[C@]23c4ccccc4N[C@H]4Nc5cccc6c5[C@]42CCN([C@H]6[C@@H]2OC2(C)C)[C@H]13. The Hall–Kier alpha value is -3.09. The second-order valence-corrected chi connectivity index (χ2v) is 12.1. The molecule has 7 atom stereocenters. The molecule has 2 N–H and O–H groups in total. The number of benzene rings is 2. The lowest BCUT2D eigenvalue weighted by molar-refractivity contribution is -0.137. The topological polar surface area (TPSA) is 60.1 Å². The predicted molar refractivity (Wildman–Crippen MR) is 144 cm³/mol. The molecule has 2 spiro atoms. The third-order valence-electron chi connectivity index (χ3n) is 10.2. The minimum Gasteiger partial charge on any atom is -0.365 e. The van der Waals surface area contributed by atoms with Crippen molar-refractivity contribution in [1.82, 2.24) is 9.80 Å². The zero-order valence-corrected chi connectivity index (χ0v) is 21.7. The molecule has 6 aliphatic rings. The number of hydrogen-bond acceptors (Lipinski definition) is 5. The predicted octanol–water partition coefficient (Wildman–Crippen LogP) is 4.67. The van der Waals surface area contributed by atoms with Crippen molar-refractivity contribution in [3.8, 4) is 0 Å². The summed E-state index contributed by atoms with van der Waals surface area (Å²) < 4.78 is 6.40. The van der Waals surface area contributed by atoms with E-state index in [4.69, 9.17) is 4.74 Å². The van der Waals surface area contributed by atoms with Crippen molar-refractivity contribution in [1.29, 1.82) is 0 Å². The van der Waals surface area contributed by atoms with Crippen LogP contribution in [0.3, 0.4) is 0 Å². The number of para-hydroxylation sites is 1. The first-order chi connectivity index (χ1) is 17.9. The summed E-state index contributed by atoms with van der Waals surface area (Å²) in [5, 5.41) is 7.85. The van der Waals surface area contributed by atoms with Crippen LogP contribution in [-0.4, -0.2) is 52.8 Å². The zero-order valence-electron chi connectivity index (χ0n) is 21.7. The monoisotopic (exact) mass is 494 g/mol. The number of nitrogens with one attached hydrogen (secondary N) is 2. The number of anilines is 2. The van der Waals surface area contributed by atoms with E-state index in [2.05, 4.69) is 76.7 Å². The van der Waals surface area contributed by atoms with Gasteiger partial charge in [0.15, 0.2) is 0 Å². The van der Waals surface area contributed by atoms with Gasteiger partial charge in [-0.25, -0.2) is 0 Å². The molecule has 2 aromatic carbocycles. The van der Waals surface area contributed by atoms with Gasteiger partial charge in [-0.15, -0.1) is 0 Å². The molecule has 37 heavy (non-hydrogen) atoms. The van der Waals surface area contributed by atoms with Crippen LogP contribution in [0.4, 0.5) is 11.4 Å². The highest BCUT2D eigenvalue weighted by Gasteiger charge is 2.76. The molecule has 6 nitrogen and oxygen atoms in total. The van der Waals surface area contributed by atoms with Crippen molar-refractivity contribution in [3.63, 3.8) is 0 Å². The van der Waals surface area contributed by atoms with Gasteiger partial charge < -0.3 is 20.3 Å². The maximum Gasteiger partial charge on any atom is 0.247 e. The van der Waals surface area contributed by atoms with Crippen LogP contribution in [0, 0.1) is 0 Å². The molecule has 190 valence electrons. The molecule has 6 heterocycles. The van der Waals surface area contributed by atoms with E-state index in [1.165, 1.54) is 28.1 Å². The fourth-order valence-corrected chi connectivity index (χ4v) is 8.94. The van der Waals surface area contributed by atoms with E-state index < -0.39 is 0 Å². The molecule has 3 fully saturated rings. The highest BCUT2D eigenvalue weighted by Crippen LogP contribution is 2.71. The fraction of sp³-hybridized carbons (Fsp3) is 0.452. The van der Waals surface area contributed by atoms with Gasteiger partial charge in [-0.3, -0.25) is 9.69 Å². The van der Waals surface area contributed by atoms with E-state index >= 15 is 0 Å². The van der Waals surface area contributed by atoms with Crippen molar-refractivity contribution < 1.29 is 9.53 Å². The Bertz CT molecular complexity index is 1400. The number of likely N-dealkylation sites (tertiary alicyclic amines) is 1. The number of epoxide rings is 1. The minimum atomic E-state index is -0.218. The number of piperidine rings is 1. The van der Waals surface area contributed by atoms with Crippen LogP contribution >= 0.6 is 0 Å². The van der Waals surface area contributed by atoms with Crippen LogP contribution in [0.1, 0.15) is 56.3 Å². The summed E-state index contributed by atoms with van der Waals surface area (Å²) in [5.41, 5.74) is 6.09. The Morgan fingerprint density at radius 3 is 2.57 bits per heavy atom. The smallest absolute Gasteiger partial charge is 0.247 e. The number of carbonyl (C=O) groups is 1. The summed E-state index contributed by atoms with van der Waals surface area (Å²) in [4.78, 5) is 18.7. The lowest BCUT2D eigenvalue weighted by Gasteiger charge is -2.61. The number of carbonyl (C=O) groups excluding carboxylic acids is 1. The molecule has 0 radical (unpaired) electrons. The molecule has 1 unspecified atom stereocenters. The summed E-state index contributed by atoms with van der Waals surface area (Å²) in [7, 11) is 0. The maximum atomic E-state index is 13.8. The summed E-state index contributed by atoms with van der Waals surface area (Å²) in [6.07, 6.45) is 9.67. The normalized spacial score (nSPS) is 39.1. The van der Waals surface area contributed by atoms with E-state index in [1.807, 2.05) is 25.2 Å². The van der Waals surface area contributed by atoms with Crippen LogP contribution in [0.5, 0.6) is 0 Å². The van der Waals surface area contributed by atoms with Gasteiger partial charge in [0.05, 0.1) is 23.2 Å². The zero-order chi connectivity index (χ0) is 25.2. The third-order valence-corrected chi connectivity index (χ3v) is 10.2. The minimum absolute atomic E-state index is 0.0418. The van der Waals surface area contributed by atoms with E-state index in [1.54, 1.807) is 6.08 Å². The number of fused-ring (bicyclic) bond motifs is 1. The number of amides is 1. The standard InChI is InChI=1S/C31H34N4O2/c1-4-5-6-14-23(36)34-17-15-30-20-11-7-8-12-21(20)32-27-31(30)16-18-35(28(30)34)25(26-29(2,3)37-26)19-10-9-13-22(33-27)24(19)31/h4-14,25-28,32-33H,15-18H2,1-3H3/t25-,26+,27+,28+,30-,31-/m1/s1. The Labute approximate surface area is 218 Å². The first-order valence-electron chi connectivity index (χ1n) is 13.7. The number of nitrogens with zero attached hydrogens (tertiary/aromatic N) is 2. The lowest BCUT2D eigenvalue weighted by Crippen LogP contribution is -2.72. The van der Waals surface area contributed by atoms with Gasteiger partial charge in [0, 0.05) is 36.0 Å². The third kappa shape index (κ3) is 2.47. The van der Waals surface area contributed by atoms with Gasteiger partial charge >= 0.3 is 0 Å². The van der Waals surface area contributed by atoms with Crippen LogP contribution in [-0.2, 0) is 20.4 Å². The van der Waals surface area contributed by atoms with Crippen molar-refractivity contribution in [2.75, 3.05) is 23.7 Å². The average molecular weight is 495 g/mol. The molecule has 2 aromatic rings. The van der Waals surface area contributed by atoms with Crippen LogP contribution in [0.25, 0.3) is 0 Å². The number of rotatable bonds is 3. The summed E-state index contributed by atoms with van der Waals surface area (Å²) in [6, 6.07) is 15.7. The van der Waals surface area contributed by atoms with Crippen LogP contribution < -0.4 is 10.6 Å². The largest absolute Gasteiger partial charge is 0.365 e. The summed E-state index contributed by atoms with van der Waals surface area (Å²) in [5.74, 6) is 0.0986. The first kappa shape index (κ1) is 21.9. The fourth-order valence-electron chi connectivity index (χ4n) is 8.94. The Morgan fingerprint density at radius 1 is 1.00 bits per heavy atom. The summed E-state index contributed by atoms with van der Waals surface area (Å²) in [6.45, 7) is 8.07. The highest BCUT2D eigenvalue weighted by atomic mass is 16.6. The first-order valence-corrected chi connectivity index (χ1v) is 13.7. The maximum absolute atomic E-state index is 13.8. The molecule has 3 saturated heterocycles. The number of ether oxygens (including phenoxy) is 1. The van der Waals surface area contributed by atoms with Crippen molar-refractivity contribution in [3.05, 3.63) is 83.5 Å². The van der Waals surface area contributed by atoms with Gasteiger partial charge in [-0.2, -0.15) is 0 Å². The van der Waals surface area contributed by atoms with Gasteiger partial charge in [-0.05, 0) is 62.4 Å². The molecule has 6 heteroatoms. The summed E-state index contributed by atoms with van der Waals surface area (Å²) >= 11 is 0. The molecule has 6 aliphatic heterocycles.